The third kappa shape index (κ3) is 1.78. The third-order valence-corrected chi connectivity index (χ3v) is 5.50. The number of rotatable bonds is 3. The van der Waals surface area contributed by atoms with Gasteiger partial charge in [0, 0.05) is 23.0 Å². The van der Waals surface area contributed by atoms with Gasteiger partial charge in [0.15, 0.2) is 11.6 Å². The summed E-state index contributed by atoms with van der Waals surface area (Å²) in [5.41, 5.74) is 2.55. The lowest BCUT2D eigenvalue weighted by molar-refractivity contribution is 0.0720. The van der Waals surface area contributed by atoms with E-state index in [-0.39, 0.29) is 23.4 Å². The molecule has 0 amide bonds. The fraction of sp³-hybridized carbons (Fsp3) is 0.474. The van der Waals surface area contributed by atoms with Crippen LogP contribution in [0.1, 0.15) is 52.5 Å². The first kappa shape index (κ1) is 13.0. The van der Waals surface area contributed by atoms with E-state index in [2.05, 4.69) is 19.1 Å². The zero-order chi connectivity index (χ0) is 14.6. The van der Waals surface area contributed by atoms with Crippen LogP contribution >= 0.6 is 0 Å². The second-order valence-electron chi connectivity index (χ2n) is 6.71. The van der Waals surface area contributed by atoms with Crippen LogP contribution in [0.3, 0.4) is 0 Å². The molecule has 1 aromatic carbocycles. The molecule has 3 aliphatic rings. The Kier molecular flexibility index (Phi) is 2.88. The highest BCUT2D eigenvalue weighted by Gasteiger charge is 2.54. The Bertz CT molecular complexity index is 656. The van der Waals surface area contributed by atoms with Crippen molar-refractivity contribution in [1.82, 2.24) is 0 Å². The highest BCUT2D eigenvalue weighted by Crippen LogP contribution is 2.52. The fourth-order valence-corrected chi connectivity index (χ4v) is 4.44. The first-order valence-corrected chi connectivity index (χ1v) is 8.10. The molecule has 4 rings (SSSR count). The number of carbonyl (C=O) groups is 2. The molecule has 4 atom stereocenters. The molecular weight excluding hydrogens is 260 g/mol. The number of allylic oxidation sites excluding steroid dienone is 2. The maximum atomic E-state index is 12.9. The van der Waals surface area contributed by atoms with E-state index >= 15 is 0 Å². The maximum Gasteiger partial charge on any atom is 0.168 e. The molecule has 108 valence electrons. The Morgan fingerprint density at radius 1 is 1.00 bits per heavy atom. The number of hydrogen-bond donors (Lipinski definition) is 0. The average Bonchev–Trinajstić information content (AvgIpc) is 3.11. The lowest BCUT2D eigenvalue weighted by Gasteiger charge is -2.31. The van der Waals surface area contributed by atoms with Crippen LogP contribution in [-0.4, -0.2) is 11.6 Å². The standard InChI is InChI=1S/C19H20O2/c1-2-3-4-11-5-8-14-15(9-11)19(21)17-13-7-6-12(10-13)16(17)18(14)20/h5-9,12-13,16-17H,2-4,10H2,1H3. The van der Waals surface area contributed by atoms with E-state index in [4.69, 9.17) is 0 Å². The number of hydrogen-bond acceptors (Lipinski definition) is 2. The molecule has 0 aromatic heterocycles. The van der Waals surface area contributed by atoms with Gasteiger partial charge in [-0.3, -0.25) is 9.59 Å². The molecule has 2 heteroatoms. The maximum absolute atomic E-state index is 12.9. The molecule has 4 unspecified atom stereocenters. The number of unbranched alkanes of at least 4 members (excludes halogenated alkanes) is 1. The average molecular weight is 280 g/mol. The molecule has 3 aliphatic carbocycles. The summed E-state index contributed by atoms with van der Waals surface area (Å²) in [4.78, 5) is 25.6. The summed E-state index contributed by atoms with van der Waals surface area (Å²) < 4.78 is 0. The SMILES string of the molecule is CCCCc1ccc2c(c1)C(=O)C1C3C=CC(C3)C1C2=O. The van der Waals surface area contributed by atoms with Crippen molar-refractivity contribution in [2.45, 2.75) is 32.6 Å². The molecule has 0 aliphatic heterocycles. The van der Waals surface area contributed by atoms with Crippen molar-refractivity contribution in [3.05, 3.63) is 47.0 Å². The van der Waals surface area contributed by atoms with Crippen LogP contribution in [0.15, 0.2) is 30.4 Å². The fourth-order valence-electron chi connectivity index (χ4n) is 4.44. The predicted octanol–water partition coefficient (Wildman–Crippen LogP) is 3.85. The van der Waals surface area contributed by atoms with Crippen LogP contribution in [0.25, 0.3) is 0 Å². The zero-order valence-electron chi connectivity index (χ0n) is 12.3. The number of Topliss-reactive ketones (excluding diaryl/α,β-unsaturated/α-hetero) is 2. The lowest BCUT2D eigenvalue weighted by Crippen LogP contribution is -2.38. The lowest BCUT2D eigenvalue weighted by atomic mass is 9.69. The smallest absolute Gasteiger partial charge is 0.168 e. The van der Waals surface area contributed by atoms with Gasteiger partial charge in [-0.2, -0.15) is 0 Å². The van der Waals surface area contributed by atoms with Crippen molar-refractivity contribution in [3.63, 3.8) is 0 Å². The van der Waals surface area contributed by atoms with Crippen LogP contribution in [-0.2, 0) is 6.42 Å². The molecule has 1 aromatic rings. The molecular formula is C19H20O2. The van der Waals surface area contributed by atoms with Crippen LogP contribution in [0.2, 0.25) is 0 Å². The van der Waals surface area contributed by atoms with Gasteiger partial charge in [0.2, 0.25) is 0 Å². The highest BCUT2D eigenvalue weighted by molar-refractivity contribution is 6.16. The van der Waals surface area contributed by atoms with Gasteiger partial charge in [-0.25, -0.2) is 0 Å². The van der Waals surface area contributed by atoms with E-state index in [1.807, 2.05) is 18.2 Å². The van der Waals surface area contributed by atoms with Gasteiger partial charge in [-0.05, 0) is 42.7 Å². The quantitative estimate of drug-likeness (QED) is 0.788. The van der Waals surface area contributed by atoms with E-state index in [9.17, 15) is 9.59 Å². The number of benzene rings is 1. The van der Waals surface area contributed by atoms with Crippen LogP contribution in [0.5, 0.6) is 0 Å². The molecule has 2 nitrogen and oxygen atoms in total. The van der Waals surface area contributed by atoms with Crippen LogP contribution < -0.4 is 0 Å². The van der Waals surface area contributed by atoms with Gasteiger partial charge in [0.1, 0.15) is 0 Å². The predicted molar refractivity (Wildman–Crippen MR) is 81.4 cm³/mol. The third-order valence-electron chi connectivity index (χ3n) is 5.50. The number of fused-ring (bicyclic) bond motifs is 6. The first-order chi connectivity index (χ1) is 10.2. The molecule has 0 spiro atoms. The van der Waals surface area contributed by atoms with E-state index in [0.29, 0.717) is 23.0 Å². The van der Waals surface area contributed by atoms with Gasteiger partial charge < -0.3 is 0 Å². The number of aryl methyl sites for hydroxylation is 1. The zero-order valence-corrected chi connectivity index (χ0v) is 12.3. The molecule has 0 heterocycles. The van der Waals surface area contributed by atoms with Crippen molar-refractivity contribution in [1.29, 1.82) is 0 Å². The van der Waals surface area contributed by atoms with Gasteiger partial charge in [-0.1, -0.05) is 37.6 Å². The van der Waals surface area contributed by atoms with Gasteiger partial charge in [-0.15, -0.1) is 0 Å². The van der Waals surface area contributed by atoms with Crippen molar-refractivity contribution >= 4 is 11.6 Å². The Morgan fingerprint density at radius 3 is 2.33 bits per heavy atom. The summed E-state index contributed by atoms with van der Waals surface area (Å²) >= 11 is 0. The van der Waals surface area contributed by atoms with Crippen molar-refractivity contribution in [2.24, 2.45) is 23.7 Å². The minimum Gasteiger partial charge on any atom is -0.294 e. The molecule has 2 bridgehead atoms. The van der Waals surface area contributed by atoms with Crippen LogP contribution in [0.4, 0.5) is 0 Å². The Labute approximate surface area is 125 Å². The van der Waals surface area contributed by atoms with Gasteiger partial charge in [0.25, 0.3) is 0 Å². The summed E-state index contributed by atoms with van der Waals surface area (Å²) in [6.45, 7) is 2.17. The second-order valence-corrected chi connectivity index (χ2v) is 6.71. The largest absolute Gasteiger partial charge is 0.294 e. The van der Waals surface area contributed by atoms with Crippen LogP contribution in [0, 0.1) is 23.7 Å². The van der Waals surface area contributed by atoms with Gasteiger partial charge in [0.05, 0.1) is 0 Å². The molecule has 1 saturated carbocycles. The molecule has 0 saturated heterocycles. The molecule has 0 radical (unpaired) electrons. The Balaban J connectivity index is 1.75. The molecule has 0 N–H and O–H groups in total. The number of ketones is 2. The summed E-state index contributed by atoms with van der Waals surface area (Å²) in [7, 11) is 0. The summed E-state index contributed by atoms with van der Waals surface area (Å²) in [5.74, 6) is 0.842. The van der Waals surface area contributed by atoms with Gasteiger partial charge >= 0.3 is 0 Å². The topological polar surface area (TPSA) is 34.1 Å². The van der Waals surface area contributed by atoms with Crippen molar-refractivity contribution in [2.75, 3.05) is 0 Å². The summed E-state index contributed by atoms with van der Waals surface area (Å²) in [6, 6.07) is 5.91. The molecule has 1 fully saturated rings. The minimum atomic E-state index is -0.0820. The second kappa shape index (κ2) is 4.66. The molecule has 21 heavy (non-hydrogen) atoms. The first-order valence-electron chi connectivity index (χ1n) is 8.10. The summed E-state index contributed by atoms with van der Waals surface area (Å²) in [5, 5.41) is 0. The minimum absolute atomic E-state index is 0.0820. The normalized spacial score (nSPS) is 32.4. The Morgan fingerprint density at radius 2 is 1.67 bits per heavy atom. The summed E-state index contributed by atoms with van der Waals surface area (Å²) in [6.07, 6.45) is 8.55. The number of carbonyl (C=O) groups excluding carboxylic acids is 2. The van der Waals surface area contributed by atoms with E-state index in [1.165, 1.54) is 5.56 Å². The van der Waals surface area contributed by atoms with E-state index in [0.717, 1.165) is 25.7 Å². The monoisotopic (exact) mass is 280 g/mol. The van der Waals surface area contributed by atoms with Crippen molar-refractivity contribution in [3.8, 4) is 0 Å². The van der Waals surface area contributed by atoms with Crippen molar-refractivity contribution < 1.29 is 9.59 Å². The van der Waals surface area contributed by atoms with E-state index in [1.54, 1.807) is 0 Å². The Hall–Kier alpha value is -1.70. The highest BCUT2D eigenvalue weighted by atomic mass is 16.1. The van der Waals surface area contributed by atoms with E-state index < -0.39 is 0 Å².